The van der Waals surface area contributed by atoms with Gasteiger partial charge in [0.05, 0.1) is 15.8 Å². The molecule has 0 aromatic heterocycles. The van der Waals surface area contributed by atoms with Crippen LogP contribution in [0.15, 0.2) is 33.4 Å². The van der Waals surface area contributed by atoms with Crippen LogP contribution in [0.2, 0.25) is 0 Å². The second-order valence-corrected chi connectivity index (χ2v) is 4.84. The van der Waals surface area contributed by atoms with Crippen LogP contribution in [0.4, 0.5) is 0 Å². The van der Waals surface area contributed by atoms with E-state index < -0.39 is 18.5 Å². The van der Waals surface area contributed by atoms with Crippen LogP contribution in [-0.4, -0.2) is 29.4 Å². The molecule has 0 radical (unpaired) electrons. The maximum atomic E-state index is 11.4. The molecule has 20 heavy (non-hydrogen) atoms. The van der Waals surface area contributed by atoms with Crippen molar-refractivity contribution in [3.8, 4) is 5.75 Å². The summed E-state index contributed by atoms with van der Waals surface area (Å²) in [4.78, 5) is 26.4. The van der Waals surface area contributed by atoms with Gasteiger partial charge in [-0.3, -0.25) is 0 Å². The Morgan fingerprint density at radius 1 is 1.55 bits per heavy atom. The molecule has 0 bridgehead atoms. The molecule has 0 amide bonds. The highest BCUT2D eigenvalue weighted by Crippen LogP contribution is 2.27. The number of carboxylic acids is 1. The van der Waals surface area contributed by atoms with Crippen LogP contribution in [0.3, 0.4) is 0 Å². The summed E-state index contributed by atoms with van der Waals surface area (Å²) in [5.41, 5.74) is 1.64. The van der Waals surface area contributed by atoms with Crippen LogP contribution in [0.5, 0.6) is 5.75 Å². The lowest BCUT2D eigenvalue weighted by atomic mass is 10.1. The minimum atomic E-state index is -1.05. The number of aliphatic carboxylic acids is 1. The van der Waals surface area contributed by atoms with Gasteiger partial charge in [-0.15, -0.1) is 0 Å². The predicted molar refractivity (Wildman–Crippen MR) is 74.5 cm³/mol. The van der Waals surface area contributed by atoms with E-state index in [0.29, 0.717) is 21.5 Å². The quantitative estimate of drug-likeness (QED) is 0.671. The van der Waals surface area contributed by atoms with E-state index in [-0.39, 0.29) is 0 Å². The summed E-state index contributed by atoms with van der Waals surface area (Å²) in [5, 5.41) is 12.1. The topological polar surface area (TPSA) is 85.2 Å². The van der Waals surface area contributed by atoms with Crippen molar-refractivity contribution in [2.24, 2.45) is 5.16 Å². The molecule has 0 atom stereocenters. The van der Waals surface area contributed by atoms with E-state index in [1.807, 2.05) is 0 Å². The lowest BCUT2D eigenvalue weighted by Crippen LogP contribution is -2.09. The van der Waals surface area contributed by atoms with E-state index in [1.165, 1.54) is 0 Å². The zero-order valence-electron chi connectivity index (χ0n) is 10.4. The van der Waals surface area contributed by atoms with Crippen molar-refractivity contribution in [1.82, 2.24) is 0 Å². The van der Waals surface area contributed by atoms with E-state index in [4.69, 9.17) is 9.84 Å². The zero-order valence-corrected chi connectivity index (χ0v) is 12.0. The largest absolute Gasteiger partial charge is 0.481 e. The van der Waals surface area contributed by atoms with Crippen LogP contribution in [0.25, 0.3) is 6.08 Å². The summed E-state index contributed by atoms with van der Waals surface area (Å²) in [7, 11) is 0. The van der Waals surface area contributed by atoms with Crippen LogP contribution in [0, 0.1) is 0 Å². The van der Waals surface area contributed by atoms with Gasteiger partial charge in [0.1, 0.15) is 5.75 Å². The fraction of sp³-hybridized carbons (Fsp3) is 0.154. The number of ether oxygens (including phenoxy) is 1. The Morgan fingerprint density at radius 3 is 2.85 bits per heavy atom. The van der Waals surface area contributed by atoms with Gasteiger partial charge in [0.2, 0.25) is 0 Å². The number of hydrogen-bond donors (Lipinski definition) is 1. The molecule has 1 heterocycles. The predicted octanol–water partition coefficient (Wildman–Crippen LogP) is 2.23. The number of benzene rings is 1. The number of hydrogen-bond acceptors (Lipinski definition) is 5. The smallest absolute Gasteiger partial charge is 0.367 e. The van der Waals surface area contributed by atoms with Crippen molar-refractivity contribution in [1.29, 1.82) is 0 Å². The Balaban J connectivity index is 2.21. The fourth-order valence-electron chi connectivity index (χ4n) is 1.55. The van der Waals surface area contributed by atoms with Crippen LogP contribution >= 0.6 is 15.9 Å². The summed E-state index contributed by atoms with van der Waals surface area (Å²) in [6.45, 7) is 1.26. The molecule has 1 aliphatic heterocycles. The van der Waals surface area contributed by atoms with Gasteiger partial charge in [-0.2, -0.15) is 0 Å². The maximum Gasteiger partial charge on any atom is 0.367 e. The van der Waals surface area contributed by atoms with Gasteiger partial charge in [-0.1, -0.05) is 11.2 Å². The van der Waals surface area contributed by atoms with Crippen molar-refractivity contribution >= 4 is 39.7 Å². The summed E-state index contributed by atoms with van der Waals surface area (Å²) in [6.07, 6.45) is 1.64. The number of rotatable bonds is 4. The third-order valence-corrected chi connectivity index (χ3v) is 3.11. The molecule has 6 nitrogen and oxygen atoms in total. The van der Waals surface area contributed by atoms with E-state index in [0.717, 1.165) is 5.56 Å². The highest BCUT2D eigenvalue weighted by Gasteiger charge is 2.21. The fourth-order valence-corrected chi connectivity index (χ4v) is 2.06. The molecule has 1 N–H and O–H groups in total. The number of oxime groups is 1. The van der Waals surface area contributed by atoms with Crippen molar-refractivity contribution in [2.45, 2.75) is 6.92 Å². The van der Waals surface area contributed by atoms with Crippen LogP contribution < -0.4 is 4.74 Å². The molecule has 7 heteroatoms. The van der Waals surface area contributed by atoms with Gasteiger partial charge in [0, 0.05) is 0 Å². The van der Waals surface area contributed by atoms with Gasteiger partial charge in [0.25, 0.3) is 0 Å². The van der Waals surface area contributed by atoms with Crippen molar-refractivity contribution in [2.75, 3.05) is 6.61 Å². The Kier molecular flexibility index (Phi) is 4.19. The van der Waals surface area contributed by atoms with Crippen LogP contribution in [-0.2, 0) is 14.4 Å². The first-order chi connectivity index (χ1) is 9.47. The van der Waals surface area contributed by atoms with Gasteiger partial charge in [-0.05, 0) is 46.6 Å². The lowest BCUT2D eigenvalue weighted by Gasteiger charge is -2.06. The molecular formula is C13H10BrNO5. The lowest BCUT2D eigenvalue weighted by molar-refractivity contribution is -0.139. The average molecular weight is 340 g/mol. The number of carbonyl (C=O) groups excluding carboxylic acids is 1. The summed E-state index contributed by atoms with van der Waals surface area (Å²) >= 11 is 3.28. The highest BCUT2D eigenvalue weighted by atomic mass is 79.9. The minimum Gasteiger partial charge on any atom is -0.481 e. The number of carboxylic acid groups (broad SMARTS) is 1. The maximum absolute atomic E-state index is 11.4. The SMILES string of the molecule is CC1=NOC(=O)C1=Cc1ccc(OCC(=O)O)c(Br)c1. The first-order valence-electron chi connectivity index (χ1n) is 5.59. The Labute approximate surface area is 122 Å². The molecular weight excluding hydrogens is 330 g/mol. The second kappa shape index (κ2) is 5.87. The molecule has 0 spiro atoms. The molecule has 2 rings (SSSR count). The number of nitrogens with zero attached hydrogens (tertiary/aromatic N) is 1. The molecule has 0 saturated heterocycles. The van der Waals surface area contributed by atoms with Crippen molar-refractivity contribution < 1.29 is 24.3 Å². The van der Waals surface area contributed by atoms with Gasteiger partial charge in [0.15, 0.2) is 6.61 Å². The molecule has 1 aromatic rings. The van der Waals surface area contributed by atoms with E-state index in [2.05, 4.69) is 25.9 Å². The monoisotopic (exact) mass is 339 g/mol. The zero-order chi connectivity index (χ0) is 14.7. The number of halogens is 1. The normalized spacial score (nSPS) is 16.0. The van der Waals surface area contributed by atoms with Crippen LogP contribution in [0.1, 0.15) is 12.5 Å². The van der Waals surface area contributed by atoms with E-state index in [1.54, 1.807) is 31.2 Å². The first kappa shape index (κ1) is 14.3. The standard InChI is InChI=1S/C13H10BrNO5/c1-7-9(13(18)20-15-7)4-8-2-3-11(10(14)5-8)19-6-12(16)17/h2-5H,6H2,1H3,(H,16,17). The third kappa shape index (κ3) is 3.24. The molecule has 0 aliphatic carbocycles. The van der Waals surface area contributed by atoms with Gasteiger partial charge < -0.3 is 14.7 Å². The molecule has 0 fully saturated rings. The van der Waals surface area contributed by atoms with E-state index in [9.17, 15) is 9.59 Å². The van der Waals surface area contributed by atoms with Gasteiger partial charge >= 0.3 is 11.9 Å². The summed E-state index contributed by atoms with van der Waals surface area (Å²) < 4.78 is 5.67. The van der Waals surface area contributed by atoms with Crippen molar-refractivity contribution in [3.63, 3.8) is 0 Å². The highest BCUT2D eigenvalue weighted by molar-refractivity contribution is 9.10. The molecule has 0 saturated carbocycles. The van der Waals surface area contributed by atoms with Gasteiger partial charge in [-0.25, -0.2) is 9.59 Å². The molecule has 0 unspecified atom stereocenters. The Morgan fingerprint density at radius 2 is 2.30 bits per heavy atom. The molecule has 1 aromatic carbocycles. The average Bonchev–Trinajstić information content (AvgIpc) is 2.69. The summed E-state index contributed by atoms with van der Waals surface area (Å²) in [6, 6.07) is 5.03. The summed E-state index contributed by atoms with van der Waals surface area (Å²) in [5.74, 6) is -1.14. The molecule has 1 aliphatic rings. The Bertz CT molecular complexity index is 636. The second-order valence-electron chi connectivity index (χ2n) is 3.99. The Hall–Kier alpha value is -2.15. The third-order valence-electron chi connectivity index (χ3n) is 2.49. The first-order valence-corrected chi connectivity index (χ1v) is 6.39. The van der Waals surface area contributed by atoms with Crippen molar-refractivity contribution in [3.05, 3.63) is 33.8 Å². The minimum absolute atomic E-state index is 0.385. The number of carbonyl (C=O) groups is 2. The van der Waals surface area contributed by atoms with E-state index >= 15 is 0 Å². The molecule has 104 valence electrons.